The molecule has 0 radical (unpaired) electrons. The highest BCUT2D eigenvalue weighted by Crippen LogP contribution is 2.52. The molecule has 2 bridgehead atoms. The van der Waals surface area contributed by atoms with Crippen LogP contribution in [0.25, 0.3) is 0 Å². The van der Waals surface area contributed by atoms with Crippen LogP contribution >= 0.6 is 11.6 Å². The molecule has 2 aliphatic carbocycles. The van der Waals surface area contributed by atoms with Crippen molar-refractivity contribution in [3.63, 3.8) is 0 Å². The SMILES string of the molecule is O=C(CN(C(=O)c1ccc(Cl)cc1)N1C(=O)[C@@H]2[C@H](C1=O)[C@H]1C=C[C@H]2C1)c1ccc([N+](=O)[O-])cc1. The first kappa shape index (κ1) is 22.0. The van der Waals surface area contributed by atoms with Crippen molar-refractivity contribution in [3.8, 4) is 0 Å². The smallest absolute Gasteiger partial charge is 0.273 e. The summed E-state index contributed by atoms with van der Waals surface area (Å²) >= 11 is 5.92. The largest absolute Gasteiger partial charge is 0.292 e. The normalized spacial score (nSPS) is 24.4. The predicted octanol–water partition coefficient (Wildman–Crippen LogP) is 3.30. The van der Waals surface area contributed by atoms with Gasteiger partial charge in [-0.1, -0.05) is 23.8 Å². The van der Waals surface area contributed by atoms with Gasteiger partial charge in [-0.2, -0.15) is 5.01 Å². The van der Waals surface area contributed by atoms with Crippen LogP contribution in [0.1, 0.15) is 27.1 Å². The number of nitrogens with zero attached hydrogens (tertiary/aromatic N) is 3. The van der Waals surface area contributed by atoms with Gasteiger partial charge in [0, 0.05) is 28.3 Å². The number of fused-ring (bicyclic) bond motifs is 5. The maximum absolute atomic E-state index is 13.4. The van der Waals surface area contributed by atoms with Crippen LogP contribution in [0.3, 0.4) is 0 Å². The molecule has 0 spiro atoms. The molecule has 34 heavy (non-hydrogen) atoms. The summed E-state index contributed by atoms with van der Waals surface area (Å²) in [4.78, 5) is 63.4. The van der Waals surface area contributed by atoms with Gasteiger partial charge < -0.3 is 0 Å². The number of amides is 3. The highest BCUT2D eigenvalue weighted by molar-refractivity contribution is 6.30. The molecule has 1 heterocycles. The fourth-order valence-corrected chi connectivity index (χ4v) is 5.22. The van der Waals surface area contributed by atoms with Gasteiger partial charge in [0.05, 0.1) is 16.8 Å². The molecule has 3 aliphatic rings. The average Bonchev–Trinajstić information content (AvgIpc) is 3.51. The Balaban J connectivity index is 1.48. The summed E-state index contributed by atoms with van der Waals surface area (Å²) in [5, 5.41) is 13.0. The Bertz CT molecular complexity index is 1230. The Labute approximate surface area is 198 Å². The molecule has 1 aliphatic heterocycles. The van der Waals surface area contributed by atoms with E-state index in [-0.39, 0.29) is 28.7 Å². The lowest BCUT2D eigenvalue weighted by Gasteiger charge is -2.30. The summed E-state index contributed by atoms with van der Waals surface area (Å²) in [6.07, 6.45) is 4.61. The first-order valence-corrected chi connectivity index (χ1v) is 11.0. The van der Waals surface area contributed by atoms with E-state index in [1.54, 1.807) is 0 Å². The van der Waals surface area contributed by atoms with Gasteiger partial charge >= 0.3 is 0 Å². The fourth-order valence-electron chi connectivity index (χ4n) is 5.10. The number of nitro groups is 1. The topological polar surface area (TPSA) is 118 Å². The standard InChI is InChI=1S/C24H18ClN3O6/c25-17-7-3-14(4-8-17)22(30)26(12-19(29)13-5-9-18(10-6-13)28(33)34)27-23(31)20-15-1-2-16(11-15)21(20)24(27)32/h1-10,15-16,20-21H,11-12H2/t15-,16-,20-,21+/m0/s1. The van der Waals surface area contributed by atoms with Gasteiger partial charge in [-0.05, 0) is 54.7 Å². The Morgan fingerprint density at radius 2 is 1.47 bits per heavy atom. The second-order valence-electron chi connectivity index (χ2n) is 8.59. The van der Waals surface area contributed by atoms with Crippen molar-refractivity contribution in [1.29, 1.82) is 0 Å². The van der Waals surface area contributed by atoms with Crippen LogP contribution in [0.15, 0.2) is 60.7 Å². The third-order valence-corrected chi connectivity index (χ3v) is 6.96. The monoisotopic (exact) mass is 479 g/mol. The third-order valence-electron chi connectivity index (χ3n) is 6.71. The van der Waals surface area contributed by atoms with Crippen molar-refractivity contribution in [1.82, 2.24) is 10.0 Å². The van der Waals surface area contributed by atoms with Crippen LogP contribution in [-0.2, 0) is 9.59 Å². The van der Waals surface area contributed by atoms with Gasteiger partial charge in [0.2, 0.25) is 0 Å². The lowest BCUT2D eigenvalue weighted by atomic mass is 9.85. The number of hydrogen-bond donors (Lipinski definition) is 0. The molecule has 1 saturated heterocycles. The molecule has 10 heteroatoms. The Hall–Kier alpha value is -3.85. The van der Waals surface area contributed by atoms with E-state index in [2.05, 4.69) is 0 Å². The van der Waals surface area contributed by atoms with Gasteiger partial charge in [-0.3, -0.25) is 29.3 Å². The van der Waals surface area contributed by atoms with Crippen molar-refractivity contribution < 1.29 is 24.1 Å². The number of Topliss-reactive ketones (excluding diaryl/α,β-unsaturated/α-hetero) is 1. The summed E-state index contributed by atoms with van der Waals surface area (Å²) in [6.45, 7) is -0.584. The maximum Gasteiger partial charge on any atom is 0.273 e. The molecule has 4 atom stereocenters. The number of rotatable bonds is 6. The number of hydrazine groups is 1. The minimum Gasteiger partial charge on any atom is -0.292 e. The second-order valence-corrected chi connectivity index (χ2v) is 9.02. The van der Waals surface area contributed by atoms with Crippen molar-refractivity contribution in [3.05, 3.63) is 86.9 Å². The predicted molar refractivity (Wildman–Crippen MR) is 119 cm³/mol. The van der Waals surface area contributed by atoms with Crippen molar-refractivity contribution in [2.45, 2.75) is 6.42 Å². The molecule has 0 unspecified atom stereocenters. The minimum absolute atomic E-state index is 0.0608. The van der Waals surface area contributed by atoms with Crippen LogP contribution in [0, 0.1) is 33.8 Å². The quantitative estimate of drug-likeness (QED) is 0.206. The van der Waals surface area contributed by atoms with E-state index in [1.807, 2.05) is 12.2 Å². The summed E-state index contributed by atoms with van der Waals surface area (Å²) < 4.78 is 0. The Kier molecular flexibility index (Phi) is 5.28. The number of halogens is 1. The average molecular weight is 480 g/mol. The van der Waals surface area contributed by atoms with Gasteiger partial charge in [0.1, 0.15) is 6.54 Å². The molecule has 9 nitrogen and oxygen atoms in total. The van der Waals surface area contributed by atoms with E-state index in [9.17, 15) is 29.3 Å². The number of allylic oxidation sites excluding steroid dienone is 2. The number of carbonyl (C=O) groups is 4. The van der Waals surface area contributed by atoms with Gasteiger partial charge in [0.25, 0.3) is 23.4 Å². The van der Waals surface area contributed by atoms with Crippen LogP contribution in [0.4, 0.5) is 5.69 Å². The van der Waals surface area contributed by atoms with E-state index in [0.717, 1.165) is 16.4 Å². The van der Waals surface area contributed by atoms with E-state index < -0.39 is 46.8 Å². The lowest BCUT2D eigenvalue weighted by Crippen LogP contribution is -2.52. The number of hydrogen-bond acceptors (Lipinski definition) is 6. The first-order chi connectivity index (χ1) is 16.3. The number of imide groups is 1. The van der Waals surface area contributed by atoms with Crippen molar-refractivity contribution in [2.75, 3.05) is 6.54 Å². The summed E-state index contributed by atoms with van der Waals surface area (Å²) in [5.41, 5.74) is 0.0755. The van der Waals surface area contributed by atoms with Crippen LogP contribution in [-0.4, -0.2) is 45.0 Å². The Morgan fingerprint density at radius 1 is 0.941 bits per heavy atom. The first-order valence-electron chi connectivity index (χ1n) is 10.7. The number of non-ortho nitro benzene ring substituents is 1. The zero-order valence-corrected chi connectivity index (χ0v) is 18.4. The summed E-state index contributed by atoms with van der Waals surface area (Å²) in [5.74, 6) is -3.47. The highest BCUT2D eigenvalue weighted by atomic mass is 35.5. The molecule has 0 N–H and O–H groups in total. The van der Waals surface area contributed by atoms with Gasteiger partial charge in [-0.15, -0.1) is 0 Å². The Morgan fingerprint density at radius 3 is 2.00 bits per heavy atom. The molecular formula is C24H18ClN3O6. The van der Waals surface area contributed by atoms with Gasteiger partial charge in [-0.25, -0.2) is 5.01 Å². The molecule has 2 aromatic rings. The second kappa shape index (κ2) is 8.18. The molecule has 2 aromatic carbocycles. The van der Waals surface area contributed by atoms with Crippen LogP contribution < -0.4 is 0 Å². The highest BCUT2D eigenvalue weighted by Gasteiger charge is 2.61. The van der Waals surface area contributed by atoms with Crippen LogP contribution in [0.2, 0.25) is 5.02 Å². The zero-order chi connectivity index (χ0) is 24.1. The summed E-state index contributed by atoms with van der Waals surface area (Å²) in [7, 11) is 0. The van der Waals surface area contributed by atoms with E-state index in [4.69, 9.17) is 11.6 Å². The van der Waals surface area contributed by atoms with Gasteiger partial charge in [0.15, 0.2) is 5.78 Å². The molecule has 3 amide bonds. The van der Waals surface area contributed by atoms with E-state index >= 15 is 0 Å². The number of ketones is 1. The number of benzene rings is 2. The number of carbonyl (C=O) groups excluding carboxylic acids is 4. The number of nitro benzene ring substituents is 1. The molecule has 1 saturated carbocycles. The summed E-state index contributed by atoms with van der Waals surface area (Å²) in [6, 6.07) is 10.8. The van der Waals surface area contributed by atoms with Crippen molar-refractivity contribution in [2.24, 2.45) is 23.7 Å². The molecular weight excluding hydrogens is 462 g/mol. The minimum atomic E-state index is -0.700. The zero-order valence-electron chi connectivity index (χ0n) is 17.7. The van der Waals surface area contributed by atoms with E-state index in [1.165, 1.54) is 48.5 Å². The molecule has 0 aromatic heterocycles. The molecule has 5 rings (SSSR count). The lowest BCUT2D eigenvalue weighted by molar-refractivity contribution is -0.384. The third kappa shape index (κ3) is 3.49. The molecule has 2 fully saturated rings. The van der Waals surface area contributed by atoms with E-state index in [0.29, 0.717) is 5.02 Å². The van der Waals surface area contributed by atoms with Crippen molar-refractivity contribution >= 4 is 40.8 Å². The maximum atomic E-state index is 13.4. The fraction of sp³-hybridized carbons (Fsp3) is 0.250. The van der Waals surface area contributed by atoms with Crippen LogP contribution in [0.5, 0.6) is 0 Å². The molecule has 172 valence electrons.